The van der Waals surface area contributed by atoms with Gasteiger partial charge in [-0.15, -0.1) is 0 Å². The minimum atomic E-state index is -4.28. The highest BCUT2D eigenvalue weighted by Gasteiger charge is 2.28. The maximum atomic E-state index is 13.0. The molecule has 0 radical (unpaired) electrons. The molecule has 0 saturated heterocycles. The molecule has 0 spiro atoms. The molecule has 3 N–H and O–H groups in total. The highest BCUT2D eigenvalue weighted by molar-refractivity contribution is 7.80. The Labute approximate surface area is 194 Å². The Morgan fingerprint density at radius 2 is 1.91 bits per heavy atom. The third-order valence-corrected chi connectivity index (χ3v) is 5.24. The molecular weight excluding hydrogens is 451 g/mol. The maximum absolute atomic E-state index is 13.0. The van der Waals surface area contributed by atoms with Gasteiger partial charge in [-0.05, 0) is 48.5 Å². The van der Waals surface area contributed by atoms with E-state index in [0.29, 0.717) is 5.69 Å². The summed E-state index contributed by atoms with van der Waals surface area (Å²) < 4.78 is 37.6. The molecular formula is C23H22F3N5OS. The number of amides is 1. The summed E-state index contributed by atoms with van der Waals surface area (Å²) in [7, 11) is 0. The topological polar surface area (TPSA) is 84.0 Å². The Hall–Kier alpha value is -3.58. The number of H-pyrrole nitrogens is 1. The average molecular weight is 474 g/mol. The number of carbonyl (C=O) groups excluding carboxylic acids is 1. The van der Waals surface area contributed by atoms with Gasteiger partial charge < -0.3 is 15.6 Å². The number of nitrogens with one attached hydrogen (secondary N) is 3. The number of hydrogen-bond donors (Lipinski definition) is 3. The molecule has 1 atom stereocenters. The van der Waals surface area contributed by atoms with E-state index >= 15 is 0 Å². The second kappa shape index (κ2) is 10.4. The molecule has 10 heteroatoms. The normalized spacial score (nSPS) is 12.1. The van der Waals surface area contributed by atoms with Crippen LogP contribution < -0.4 is 10.6 Å². The third-order valence-electron chi connectivity index (χ3n) is 5.02. The molecule has 1 amide bonds. The van der Waals surface area contributed by atoms with Gasteiger partial charge in [0.1, 0.15) is 6.04 Å². The Morgan fingerprint density at radius 1 is 1.21 bits per heavy atom. The van der Waals surface area contributed by atoms with Crippen LogP contribution in [0.2, 0.25) is 0 Å². The molecule has 1 heterocycles. The minimum absolute atomic E-state index is 0.116. The van der Waals surface area contributed by atoms with Crippen molar-refractivity contribution in [3.05, 3.63) is 65.9 Å². The number of nitriles is 1. The number of anilines is 1. The molecule has 33 heavy (non-hydrogen) atoms. The molecule has 1 unspecified atom stereocenters. The number of rotatable bonds is 7. The van der Waals surface area contributed by atoms with E-state index in [2.05, 4.69) is 15.6 Å². The van der Waals surface area contributed by atoms with Crippen LogP contribution in [0.1, 0.15) is 18.1 Å². The summed E-state index contributed by atoms with van der Waals surface area (Å²) in [5, 5.41) is 16.2. The number of thiocarbonyl (C=S) groups is 1. The van der Waals surface area contributed by atoms with Crippen LogP contribution in [0.4, 0.5) is 18.9 Å². The summed E-state index contributed by atoms with van der Waals surface area (Å²) in [6.07, 6.45) is -1.34. The number of carbonyl (C=O) groups is 1. The zero-order valence-corrected chi connectivity index (χ0v) is 18.6. The molecule has 2 aromatic carbocycles. The van der Waals surface area contributed by atoms with Crippen molar-refractivity contribution in [3.63, 3.8) is 0 Å². The van der Waals surface area contributed by atoms with Crippen LogP contribution in [0.15, 0.2) is 54.7 Å². The van der Waals surface area contributed by atoms with Gasteiger partial charge in [0, 0.05) is 35.8 Å². The fraction of sp³-hybridized carbons (Fsp3) is 0.261. The zero-order chi connectivity index (χ0) is 24.0. The molecule has 0 bridgehead atoms. The lowest BCUT2D eigenvalue weighted by Crippen LogP contribution is -2.49. The number of alkyl halides is 3. The van der Waals surface area contributed by atoms with Gasteiger partial charge in [-0.1, -0.05) is 30.3 Å². The lowest BCUT2D eigenvalue weighted by molar-refractivity contribution is -0.130. The summed E-state index contributed by atoms with van der Waals surface area (Å²) >= 11 is 5.34. The first-order valence-corrected chi connectivity index (χ1v) is 10.6. The Balaban J connectivity index is 1.74. The van der Waals surface area contributed by atoms with Crippen molar-refractivity contribution >= 4 is 39.8 Å². The monoisotopic (exact) mass is 473 g/mol. The molecule has 6 nitrogen and oxygen atoms in total. The van der Waals surface area contributed by atoms with Crippen LogP contribution >= 0.6 is 12.2 Å². The molecule has 0 fully saturated rings. The van der Waals surface area contributed by atoms with Crippen LogP contribution in [0.5, 0.6) is 0 Å². The molecule has 3 rings (SSSR count). The number of aromatic nitrogens is 1. The van der Waals surface area contributed by atoms with Crippen molar-refractivity contribution in [3.8, 4) is 6.19 Å². The molecule has 0 aliphatic heterocycles. The standard InChI is InChI=1S/C23H22F3N5OS/c1-2-31(14-27)21(32)20(11-16-13-28-19-6-4-3-5-18(16)19)30-22(33)29-17-9-7-15(8-10-17)12-23(24,25)26/h3-10,13,20,28H,2,11-12H2,1H3,(H2,29,30,33). The lowest BCUT2D eigenvalue weighted by atomic mass is 10.0. The highest BCUT2D eigenvalue weighted by Crippen LogP contribution is 2.22. The first-order valence-electron chi connectivity index (χ1n) is 10.2. The van der Waals surface area contributed by atoms with Crippen molar-refractivity contribution in [2.24, 2.45) is 0 Å². The fourth-order valence-corrected chi connectivity index (χ4v) is 3.71. The van der Waals surface area contributed by atoms with Gasteiger partial charge >= 0.3 is 6.18 Å². The Kier molecular flexibility index (Phi) is 7.55. The molecule has 3 aromatic rings. The van der Waals surface area contributed by atoms with Gasteiger partial charge in [0.05, 0.1) is 6.42 Å². The van der Waals surface area contributed by atoms with E-state index in [-0.39, 0.29) is 23.6 Å². The number of fused-ring (bicyclic) bond motifs is 1. The third kappa shape index (κ3) is 6.46. The van der Waals surface area contributed by atoms with Crippen LogP contribution in [0.3, 0.4) is 0 Å². The number of halogens is 3. The van der Waals surface area contributed by atoms with Crippen molar-refractivity contribution in [2.75, 3.05) is 11.9 Å². The smallest absolute Gasteiger partial charge is 0.361 e. The second-order valence-corrected chi connectivity index (χ2v) is 7.79. The largest absolute Gasteiger partial charge is 0.393 e. The molecule has 1 aromatic heterocycles. The number of nitrogens with zero attached hydrogens (tertiary/aromatic N) is 2. The summed E-state index contributed by atoms with van der Waals surface area (Å²) in [5.41, 5.74) is 2.41. The first-order chi connectivity index (χ1) is 15.7. The van der Waals surface area contributed by atoms with E-state index in [1.54, 1.807) is 6.92 Å². The maximum Gasteiger partial charge on any atom is 0.393 e. The molecule has 0 saturated carbocycles. The fourth-order valence-electron chi connectivity index (χ4n) is 3.45. The van der Waals surface area contributed by atoms with Crippen LogP contribution in [0, 0.1) is 11.5 Å². The predicted molar refractivity (Wildman–Crippen MR) is 124 cm³/mol. The van der Waals surface area contributed by atoms with Gasteiger partial charge in [-0.3, -0.25) is 4.79 Å². The Bertz CT molecular complexity index is 1170. The first kappa shape index (κ1) is 24.1. The SMILES string of the molecule is CCN(C#N)C(=O)C(Cc1c[nH]c2ccccc12)NC(=S)Nc1ccc(CC(F)(F)F)cc1. The molecule has 0 aliphatic rings. The van der Waals surface area contributed by atoms with E-state index < -0.39 is 24.5 Å². The number of aromatic amines is 1. The van der Waals surface area contributed by atoms with Crippen molar-refractivity contribution < 1.29 is 18.0 Å². The van der Waals surface area contributed by atoms with E-state index in [0.717, 1.165) is 21.4 Å². The van der Waals surface area contributed by atoms with E-state index in [1.807, 2.05) is 36.7 Å². The van der Waals surface area contributed by atoms with E-state index in [9.17, 15) is 23.2 Å². The lowest BCUT2D eigenvalue weighted by Gasteiger charge is -2.23. The molecule has 172 valence electrons. The van der Waals surface area contributed by atoms with Crippen molar-refractivity contribution in [1.82, 2.24) is 15.2 Å². The van der Waals surface area contributed by atoms with Crippen LogP contribution in [-0.4, -0.2) is 39.7 Å². The van der Waals surface area contributed by atoms with Crippen LogP contribution in [0.25, 0.3) is 10.9 Å². The predicted octanol–water partition coefficient (Wildman–Crippen LogP) is 4.50. The van der Waals surface area contributed by atoms with Crippen molar-refractivity contribution in [2.45, 2.75) is 32.0 Å². The zero-order valence-electron chi connectivity index (χ0n) is 17.7. The van der Waals surface area contributed by atoms with Crippen LogP contribution in [-0.2, 0) is 17.6 Å². The van der Waals surface area contributed by atoms with E-state index in [1.165, 1.54) is 24.3 Å². The number of hydrogen-bond acceptors (Lipinski definition) is 3. The van der Waals surface area contributed by atoms with Crippen molar-refractivity contribution in [1.29, 1.82) is 5.26 Å². The number of benzene rings is 2. The summed E-state index contributed by atoms with van der Waals surface area (Å²) in [6.45, 7) is 1.91. The number of para-hydroxylation sites is 1. The van der Waals surface area contributed by atoms with Gasteiger partial charge in [0.2, 0.25) is 0 Å². The summed E-state index contributed by atoms with van der Waals surface area (Å²) in [6, 6.07) is 12.5. The Morgan fingerprint density at radius 3 is 2.55 bits per heavy atom. The van der Waals surface area contributed by atoms with Gasteiger partial charge in [0.15, 0.2) is 11.3 Å². The second-order valence-electron chi connectivity index (χ2n) is 7.39. The quantitative estimate of drug-likeness (QED) is 0.267. The van der Waals surface area contributed by atoms with Gasteiger partial charge in [-0.25, -0.2) is 4.90 Å². The minimum Gasteiger partial charge on any atom is -0.361 e. The van der Waals surface area contributed by atoms with E-state index in [4.69, 9.17) is 12.2 Å². The van der Waals surface area contributed by atoms with Gasteiger partial charge in [-0.2, -0.15) is 18.4 Å². The highest BCUT2D eigenvalue weighted by atomic mass is 32.1. The number of likely N-dealkylation sites (N-methyl/N-ethyl adjacent to an activating group) is 1. The average Bonchev–Trinajstić information content (AvgIpc) is 3.17. The van der Waals surface area contributed by atoms with Gasteiger partial charge in [0.25, 0.3) is 5.91 Å². The molecule has 0 aliphatic carbocycles. The summed E-state index contributed by atoms with van der Waals surface area (Å²) in [5.74, 6) is -0.435. The summed E-state index contributed by atoms with van der Waals surface area (Å²) in [4.78, 5) is 17.2.